The molecule has 7 nitrogen and oxygen atoms in total. The van der Waals surface area contributed by atoms with E-state index in [0.29, 0.717) is 23.4 Å². The first-order valence-electron chi connectivity index (χ1n) is 13.0. The number of ether oxygens (including phenoxy) is 2. The van der Waals surface area contributed by atoms with Crippen LogP contribution in [0.25, 0.3) is 21.7 Å². The van der Waals surface area contributed by atoms with Crippen molar-refractivity contribution in [2.75, 3.05) is 6.61 Å². The van der Waals surface area contributed by atoms with Gasteiger partial charge in [-0.2, -0.15) is 0 Å². The second-order valence-electron chi connectivity index (χ2n) is 10.8. The molecule has 39 heavy (non-hydrogen) atoms. The lowest BCUT2D eigenvalue weighted by atomic mass is 9.87. The summed E-state index contributed by atoms with van der Waals surface area (Å²) in [6.07, 6.45) is -0.928. The van der Waals surface area contributed by atoms with Gasteiger partial charge in [0.25, 0.3) is 0 Å². The Morgan fingerprint density at radius 3 is 2.51 bits per heavy atom. The zero-order chi connectivity index (χ0) is 27.1. The van der Waals surface area contributed by atoms with Gasteiger partial charge >= 0.3 is 5.91 Å². The molecule has 5 aromatic rings. The molecule has 1 aliphatic heterocycles. The van der Waals surface area contributed by atoms with Crippen LogP contribution in [0.1, 0.15) is 31.9 Å². The minimum atomic E-state index is -0.928. The molecule has 0 radical (unpaired) electrons. The fourth-order valence-corrected chi connectivity index (χ4v) is 4.96. The predicted octanol–water partition coefficient (Wildman–Crippen LogP) is 7.30. The van der Waals surface area contributed by atoms with Gasteiger partial charge in [-0.25, -0.2) is 0 Å². The summed E-state index contributed by atoms with van der Waals surface area (Å²) in [7, 11) is 0. The SMILES string of the molecule is CC(C)(C)c1ccc2c(c1)O[C@@H](C(=O)N=Nc1c(O)n(Cc3cccc4ccccc34)c3ccccc13)CO2. The van der Waals surface area contributed by atoms with E-state index in [-0.39, 0.29) is 23.6 Å². The molecule has 1 N–H and O–H groups in total. The summed E-state index contributed by atoms with van der Waals surface area (Å²) >= 11 is 0. The van der Waals surface area contributed by atoms with Crippen LogP contribution < -0.4 is 9.47 Å². The molecular formula is C32H29N3O4. The van der Waals surface area contributed by atoms with Gasteiger partial charge in [0.15, 0.2) is 17.2 Å². The Morgan fingerprint density at radius 1 is 0.949 bits per heavy atom. The molecule has 7 heteroatoms. The maximum Gasteiger partial charge on any atom is 0.308 e. The first-order chi connectivity index (χ1) is 18.8. The second kappa shape index (κ2) is 9.58. The third kappa shape index (κ3) is 4.61. The Balaban J connectivity index is 1.29. The van der Waals surface area contributed by atoms with Crippen molar-refractivity contribution in [1.29, 1.82) is 0 Å². The maximum absolute atomic E-state index is 13.0. The van der Waals surface area contributed by atoms with Crippen LogP contribution in [0.3, 0.4) is 0 Å². The van der Waals surface area contributed by atoms with Gasteiger partial charge in [-0.15, -0.1) is 10.2 Å². The second-order valence-corrected chi connectivity index (χ2v) is 10.8. The number of rotatable bonds is 4. The average molecular weight is 520 g/mol. The van der Waals surface area contributed by atoms with Crippen LogP contribution in [0, 0.1) is 0 Å². The third-order valence-corrected chi connectivity index (χ3v) is 7.12. The highest BCUT2D eigenvalue weighted by Crippen LogP contribution is 2.40. The molecule has 2 heterocycles. The molecule has 0 saturated heterocycles. The van der Waals surface area contributed by atoms with Crippen LogP contribution >= 0.6 is 0 Å². The zero-order valence-corrected chi connectivity index (χ0v) is 22.1. The van der Waals surface area contributed by atoms with Gasteiger partial charge in [0.05, 0.1) is 12.1 Å². The van der Waals surface area contributed by atoms with E-state index < -0.39 is 12.0 Å². The normalized spacial score (nSPS) is 15.3. The van der Waals surface area contributed by atoms with Gasteiger partial charge in [0.2, 0.25) is 12.0 Å². The molecule has 1 amide bonds. The highest BCUT2D eigenvalue weighted by Gasteiger charge is 2.29. The van der Waals surface area contributed by atoms with Crippen molar-refractivity contribution < 1.29 is 19.4 Å². The number of azo groups is 1. The third-order valence-electron chi connectivity index (χ3n) is 7.12. The van der Waals surface area contributed by atoms with Gasteiger partial charge in [-0.1, -0.05) is 87.5 Å². The van der Waals surface area contributed by atoms with Crippen molar-refractivity contribution in [3.63, 3.8) is 0 Å². The molecule has 196 valence electrons. The molecular weight excluding hydrogens is 490 g/mol. The Labute approximate surface area is 226 Å². The number of amides is 1. The van der Waals surface area contributed by atoms with Gasteiger partial charge in [0, 0.05) is 5.39 Å². The van der Waals surface area contributed by atoms with E-state index >= 15 is 0 Å². The summed E-state index contributed by atoms with van der Waals surface area (Å²) in [5.74, 6) is 0.476. The monoisotopic (exact) mass is 519 g/mol. The van der Waals surface area contributed by atoms with Crippen LogP contribution in [0.4, 0.5) is 5.69 Å². The summed E-state index contributed by atoms with van der Waals surface area (Å²) in [5.41, 5.74) is 3.09. The molecule has 0 bridgehead atoms. The number of benzene rings is 4. The number of fused-ring (bicyclic) bond motifs is 3. The van der Waals surface area contributed by atoms with E-state index in [2.05, 4.69) is 49.2 Å². The van der Waals surface area contributed by atoms with Gasteiger partial charge in [-0.05, 0) is 45.5 Å². The first-order valence-corrected chi connectivity index (χ1v) is 13.0. The number of carbonyl (C=O) groups excluding carboxylic acids is 1. The summed E-state index contributed by atoms with van der Waals surface area (Å²) < 4.78 is 13.5. The molecule has 6 rings (SSSR count). The molecule has 0 fully saturated rings. The Bertz CT molecular complexity index is 1740. The highest BCUT2D eigenvalue weighted by molar-refractivity contribution is 5.96. The van der Waals surface area contributed by atoms with Crippen molar-refractivity contribution >= 4 is 33.3 Å². The van der Waals surface area contributed by atoms with Crippen LogP contribution in [0.5, 0.6) is 17.4 Å². The number of aromatic nitrogens is 1. The molecule has 1 atom stereocenters. The largest absolute Gasteiger partial charge is 0.493 e. The van der Waals surface area contributed by atoms with E-state index in [1.807, 2.05) is 66.7 Å². The average Bonchev–Trinajstić information content (AvgIpc) is 3.21. The van der Waals surface area contributed by atoms with Crippen molar-refractivity contribution in [3.05, 3.63) is 96.1 Å². The lowest BCUT2D eigenvalue weighted by molar-refractivity contribution is -0.127. The number of hydrogen-bond acceptors (Lipinski definition) is 5. The van der Waals surface area contributed by atoms with Crippen LogP contribution in [0.15, 0.2) is 95.2 Å². The summed E-state index contributed by atoms with van der Waals surface area (Å²) in [4.78, 5) is 13.0. The molecule has 0 unspecified atom stereocenters. The van der Waals surface area contributed by atoms with Crippen LogP contribution in [-0.2, 0) is 16.8 Å². The van der Waals surface area contributed by atoms with Crippen molar-refractivity contribution in [1.82, 2.24) is 4.57 Å². The lowest BCUT2D eigenvalue weighted by Gasteiger charge is -2.27. The highest BCUT2D eigenvalue weighted by atomic mass is 16.6. The van der Waals surface area contributed by atoms with Crippen molar-refractivity contribution in [2.45, 2.75) is 38.8 Å². The van der Waals surface area contributed by atoms with E-state index in [1.54, 1.807) is 4.57 Å². The minimum Gasteiger partial charge on any atom is -0.493 e. The van der Waals surface area contributed by atoms with Crippen LogP contribution in [0.2, 0.25) is 0 Å². The topological polar surface area (TPSA) is 85.4 Å². The molecule has 0 aliphatic carbocycles. The zero-order valence-electron chi connectivity index (χ0n) is 22.1. The Morgan fingerprint density at radius 2 is 1.69 bits per heavy atom. The smallest absolute Gasteiger partial charge is 0.308 e. The minimum absolute atomic E-state index is 0.0363. The van der Waals surface area contributed by atoms with Crippen molar-refractivity contribution in [3.8, 4) is 17.4 Å². The number of carbonyl (C=O) groups is 1. The number of hydrogen-bond donors (Lipinski definition) is 1. The first kappa shape index (κ1) is 24.7. The maximum atomic E-state index is 13.0. The van der Waals surface area contributed by atoms with E-state index in [1.165, 1.54) is 0 Å². The molecule has 0 saturated carbocycles. The summed E-state index contributed by atoms with van der Waals surface area (Å²) in [6.45, 7) is 6.80. The Hall–Kier alpha value is -4.65. The Kier molecular flexibility index (Phi) is 6.06. The van der Waals surface area contributed by atoms with E-state index in [0.717, 1.165) is 27.4 Å². The van der Waals surface area contributed by atoms with Crippen LogP contribution in [-0.4, -0.2) is 28.3 Å². The van der Waals surface area contributed by atoms with Gasteiger partial charge in [-0.3, -0.25) is 4.79 Å². The van der Waals surface area contributed by atoms with Gasteiger partial charge in [0.1, 0.15) is 6.61 Å². The lowest BCUT2D eigenvalue weighted by Crippen LogP contribution is -2.35. The number of para-hydroxylation sites is 1. The summed E-state index contributed by atoms with van der Waals surface area (Å²) in [5, 5.41) is 22.4. The van der Waals surface area contributed by atoms with E-state index in [4.69, 9.17) is 9.47 Å². The molecule has 4 aromatic carbocycles. The van der Waals surface area contributed by atoms with E-state index in [9.17, 15) is 9.90 Å². The summed E-state index contributed by atoms with van der Waals surface area (Å²) in [6, 6.07) is 27.6. The fraction of sp³-hybridized carbons (Fsp3) is 0.219. The van der Waals surface area contributed by atoms with Gasteiger partial charge < -0.3 is 19.1 Å². The predicted molar refractivity (Wildman–Crippen MR) is 151 cm³/mol. The number of aromatic hydroxyl groups is 1. The fourth-order valence-electron chi connectivity index (χ4n) is 4.96. The molecule has 1 aliphatic rings. The quantitative estimate of drug-likeness (QED) is 0.253. The number of nitrogens with zero attached hydrogens (tertiary/aromatic N) is 3. The molecule has 1 aromatic heterocycles. The standard InChI is InChI=1S/C32H29N3O4/c1-32(2,3)22-15-16-26-27(17-22)39-28(19-38-26)30(36)34-33-29-24-13-6-7-14-25(24)35(31(29)37)18-21-11-8-10-20-9-4-5-12-23(20)21/h4-17,28,37H,18-19H2,1-3H3/t28-/m1/s1. The van der Waals surface area contributed by atoms with Crippen molar-refractivity contribution in [2.24, 2.45) is 10.2 Å². The molecule has 0 spiro atoms.